The summed E-state index contributed by atoms with van der Waals surface area (Å²) in [5.41, 5.74) is 9.70. The van der Waals surface area contributed by atoms with E-state index in [0.29, 0.717) is 0 Å². The first kappa shape index (κ1) is 21.9. The Bertz CT molecular complexity index is 1560. The smallest absolute Gasteiger partial charge is 0.0613 e. The molecule has 0 saturated heterocycles. The lowest BCUT2D eigenvalue weighted by atomic mass is 10.0. The maximum absolute atomic E-state index is 2.42. The number of aromatic nitrogens is 1. The van der Waals surface area contributed by atoms with E-state index in [1.165, 1.54) is 50.0 Å². The van der Waals surface area contributed by atoms with Crippen LogP contribution in [0.5, 0.6) is 0 Å². The van der Waals surface area contributed by atoms with Crippen LogP contribution in [0.4, 0.5) is 0 Å². The van der Waals surface area contributed by atoms with Gasteiger partial charge in [0.1, 0.15) is 0 Å². The maximum Gasteiger partial charge on any atom is 0.0613 e. The lowest BCUT2D eigenvalue weighted by molar-refractivity contribution is 1.10. The highest BCUT2D eigenvalue weighted by Gasteiger charge is 2.20. The average molecular weight is 462 g/mol. The molecule has 6 aromatic rings. The van der Waals surface area contributed by atoms with Crippen molar-refractivity contribution in [2.75, 3.05) is 0 Å². The Labute approximate surface area is 212 Å². The Morgan fingerprint density at radius 1 is 0.500 bits per heavy atom. The van der Waals surface area contributed by atoms with E-state index < -0.39 is 0 Å². The van der Waals surface area contributed by atoms with E-state index in [0.717, 1.165) is 5.69 Å². The van der Waals surface area contributed by atoms with E-state index in [1.54, 1.807) is 0 Å². The summed E-state index contributed by atoms with van der Waals surface area (Å²) in [5, 5.41) is 2.51. The van der Waals surface area contributed by atoms with Gasteiger partial charge >= 0.3 is 0 Å². The van der Waals surface area contributed by atoms with E-state index in [-0.39, 0.29) is 0 Å². The molecule has 0 N–H and O–H groups in total. The van der Waals surface area contributed by atoms with Crippen molar-refractivity contribution in [2.24, 2.45) is 0 Å². The summed E-state index contributed by atoms with van der Waals surface area (Å²) in [6, 6.07) is 49.6. The van der Waals surface area contributed by atoms with E-state index in [4.69, 9.17) is 0 Å². The highest BCUT2D eigenvalue weighted by atomic mass is 15.0. The first-order chi connectivity index (χ1) is 17.8. The number of allylic oxidation sites excluding steroid dienone is 1. The minimum absolute atomic E-state index is 1.15. The molecular weight excluding hydrogens is 434 g/mol. The molecule has 0 bridgehead atoms. The molecule has 0 amide bonds. The van der Waals surface area contributed by atoms with Crippen molar-refractivity contribution in [1.29, 1.82) is 0 Å². The zero-order valence-corrected chi connectivity index (χ0v) is 20.3. The summed E-state index contributed by atoms with van der Waals surface area (Å²) < 4.78 is 2.42. The van der Waals surface area contributed by atoms with E-state index in [9.17, 15) is 0 Å². The summed E-state index contributed by atoms with van der Waals surface area (Å²) in [4.78, 5) is 0. The van der Waals surface area contributed by atoms with E-state index in [1.807, 2.05) is 0 Å². The van der Waals surface area contributed by atoms with E-state index in [2.05, 4.69) is 157 Å². The number of hydrogen-bond acceptors (Lipinski definition) is 0. The second-order valence-electron chi connectivity index (χ2n) is 9.10. The average Bonchev–Trinajstić information content (AvgIpc) is 3.30. The van der Waals surface area contributed by atoms with Gasteiger partial charge in [-0.25, -0.2) is 0 Å². The first-order valence-corrected chi connectivity index (χ1v) is 12.4. The Morgan fingerprint density at radius 3 is 1.44 bits per heavy atom. The third-order valence-corrected chi connectivity index (χ3v) is 6.74. The largest absolute Gasteiger partial charge is 0.308 e. The third kappa shape index (κ3) is 4.06. The molecule has 0 aliphatic rings. The SMILES string of the molecule is CC(=Cc1ccc(-n2c(-c3ccccc3)c3ccccc3c2-c2ccccc2)cc1)c1ccccc1. The lowest BCUT2D eigenvalue weighted by Crippen LogP contribution is -1.99. The minimum atomic E-state index is 1.15. The molecule has 0 aliphatic heterocycles. The quantitative estimate of drug-likeness (QED) is 0.225. The zero-order chi connectivity index (χ0) is 24.3. The van der Waals surface area contributed by atoms with Crippen molar-refractivity contribution in [3.8, 4) is 28.2 Å². The predicted octanol–water partition coefficient (Wildman–Crippen LogP) is 9.52. The van der Waals surface area contributed by atoms with Crippen molar-refractivity contribution in [2.45, 2.75) is 6.92 Å². The van der Waals surface area contributed by atoms with E-state index >= 15 is 0 Å². The summed E-state index contributed by atoms with van der Waals surface area (Å²) in [7, 11) is 0. The fourth-order valence-electron chi connectivity index (χ4n) is 5.02. The molecule has 5 aromatic carbocycles. The Hall–Kier alpha value is -4.62. The van der Waals surface area contributed by atoms with Crippen LogP contribution in [0.1, 0.15) is 18.1 Å². The van der Waals surface area contributed by atoms with Gasteiger partial charge in [0.2, 0.25) is 0 Å². The van der Waals surface area contributed by atoms with Crippen molar-refractivity contribution < 1.29 is 0 Å². The van der Waals surface area contributed by atoms with Gasteiger partial charge in [-0.1, -0.05) is 133 Å². The molecule has 36 heavy (non-hydrogen) atoms. The summed E-state index contributed by atoms with van der Waals surface area (Å²) in [6.45, 7) is 2.17. The summed E-state index contributed by atoms with van der Waals surface area (Å²) in [5.74, 6) is 0. The summed E-state index contributed by atoms with van der Waals surface area (Å²) in [6.07, 6.45) is 2.25. The number of benzene rings is 5. The lowest BCUT2D eigenvalue weighted by Gasteiger charge is -2.15. The molecule has 0 spiro atoms. The van der Waals surface area contributed by atoms with Gasteiger partial charge < -0.3 is 4.57 Å². The van der Waals surface area contributed by atoms with Crippen molar-refractivity contribution in [3.05, 3.63) is 151 Å². The van der Waals surface area contributed by atoms with Crippen molar-refractivity contribution in [1.82, 2.24) is 4.57 Å². The number of hydrogen-bond donors (Lipinski definition) is 0. The van der Waals surface area contributed by atoms with Crippen molar-refractivity contribution >= 4 is 22.4 Å². The number of rotatable bonds is 5. The van der Waals surface area contributed by atoms with Crippen LogP contribution in [0.3, 0.4) is 0 Å². The molecule has 1 nitrogen and oxygen atoms in total. The molecule has 0 saturated carbocycles. The Kier molecular flexibility index (Phi) is 5.81. The molecule has 0 aliphatic carbocycles. The minimum Gasteiger partial charge on any atom is -0.308 e. The number of nitrogens with zero attached hydrogens (tertiary/aromatic N) is 1. The van der Waals surface area contributed by atoms with Crippen LogP contribution in [-0.4, -0.2) is 4.57 Å². The zero-order valence-electron chi connectivity index (χ0n) is 20.3. The molecule has 6 rings (SSSR count). The Balaban J connectivity index is 1.56. The van der Waals surface area contributed by atoms with Gasteiger partial charge in [0.05, 0.1) is 11.4 Å². The molecule has 0 atom stereocenters. The fraction of sp³-hybridized carbons (Fsp3) is 0.0286. The standard InChI is InChI=1S/C35H27N/c1-26(28-13-5-2-6-14-28)25-27-21-23-31(24-22-27)36-34(29-15-7-3-8-16-29)32-19-11-12-20-33(32)35(36)30-17-9-4-10-18-30/h2-25H,1H3. The molecule has 0 unspecified atom stereocenters. The highest BCUT2D eigenvalue weighted by Crippen LogP contribution is 2.41. The normalized spacial score (nSPS) is 11.6. The molecule has 1 aromatic heterocycles. The number of fused-ring (bicyclic) bond motifs is 1. The molecule has 0 radical (unpaired) electrons. The second kappa shape index (κ2) is 9.56. The van der Waals surface area contributed by atoms with Crippen LogP contribution in [0, 0.1) is 0 Å². The molecular formula is C35H27N. The topological polar surface area (TPSA) is 4.93 Å². The maximum atomic E-state index is 2.42. The van der Waals surface area contributed by atoms with Gasteiger partial charge in [0.15, 0.2) is 0 Å². The Morgan fingerprint density at radius 2 is 0.944 bits per heavy atom. The predicted molar refractivity (Wildman–Crippen MR) is 154 cm³/mol. The monoisotopic (exact) mass is 461 g/mol. The third-order valence-electron chi connectivity index (χ3n) is 6.74. The van der Waals surface area contributed by atoms with Gasteiger partial charge in [0.25, 0.3) is 0 Å². The summed E-state index contributed by atoms with van der Waals surface area (Å²) >= 11 is 0. The molecule has 172 valence electrons. The fourth-order valence-corrected chi connectivity index (χ4v) is 5.02. The van der Waals surface area contributed by atoms with Crippen LogP contribution >= 0.6 is 0 Å². The van der Waals surface area contributed by atoms with Crippen LogP contribution in [0.25, 0.3) is 50.6 Å². The van der Waals surface area contributed by atoms with Gasteiger partial charge in [-0.2, -0.15) is 0 Å². The van der Waals surface area contributed by atoms with Crippen LogP contribution in [0.15, 0.2) is 140 Å². The second-order valence-corrected chi connectivity index (χ2v) is 9.10. The van der Waals surface area contributed by atoms with Gasteiger partial charge in [-0.3, -0.25) is 0 Å². The molecule has 1 heterocycles. The van der Waals surface area contributed by atoms with Crippen molar-refractivity contribution in [3.63, 3.8) is 0 Å². The molecule has 1 heteroatoms. The van der Waals surface area contributed by atoms with Crippen LogP contribution in [-0.2, 0) is 0 Å². The highest BCUT2D eigenvalue weighted by molar-refractivity contribution is 6.06. The van der Waals surface area contributed by atoms with Gasteiger partial charge in [0, 0.05) is 16.5 Å². The first-order valence-electron chi connectivity index (χ1n) is 12.4. The van der Waals surface area contributed by atoms with Crippen LogP contribution in [0.2, 0.25) is 0 Å². The van der Waals surface area contributed by atoms with Gasteiger partial charge in [-0.15, -0.1) is 0 Å². The van der Waals surface area contributed by atoms with Gasteiger partial charge in [-0.05, 0) is 46.9 Å². The molecule has 0 fully saturated rings. The van der Waals surface area contributed by atoms with Crippen LogP contribution < -0.4 is 0 Å².